The molecule has 1 atom stereocenters. The molecule has 1 unspecified atom stereocenters. The maximum absolute atomic E-state index is 12.4. The molecule has 0 aromatic heterocycles. The van der Waals surface area contributed by atoms with Crippen LogP contribution in [0.3, 0.4) is 0 Å². The van der Waals surface area contributed by atoms with Gasteiger partial charge in [-0.25, -0.2) is 0 Å². The van der Waals surface area contributed by atoms with Crippen LogP contribution in [-0.2, 0) is 19.1 Å². The lowest BCUT2D eigenvalue weighted by Crippen LogP contribution is -2.28. The summed E-state index contributed by atoms with van der Waals surface area (Å²) >= 11 is 0. The number of carbonyl (C=O) groups is 2. The van der Waals surface area contributed by atoms with Crippen LogP contribution in [-0.4, -0.2) is 36.4 Å². The molecule has 0 aliphatic carbocycles. The first-order valence-corrected chi connectivity index (χ1v) is 38.6. The van der Waals surface area contributed by atoms with Gasteiger partial charge in [-0.05, 0) is 12.8 Å². The average Bonchev–Trinajstić information content (AvgIpc) is 3.49. The number of hydrogen-bond acceptors (Lipinski definition) is 5. The summed E-state index contributed by atoms with van der Waals surface area (Å²) in [7, 11) is 0. The van der Waals surface area contributed by atoms with E-state index >= 15 is 0 Å². The van der Waals surface area contributed by atoms with E-state index in [1.54, 1.807) is 0 Å². The molecular formula is C77H152O5. The van der Waals surface area contributed by atoms with E-state index in [0.717, 1.165) is 32.1 Å². The molecule has 0 aliphatic heterocycles. The fourth-order valence-corrected chi connectivity index (χ4v) is 12.6. The van der Waals surface area contributed by atoms with Gasteiger partial charge in [-0.3, -0.25) is 9.59 Å². The first-order chi connectivity index (χ1) is 40.6. The van der Waals surface area contributed by atoms with Crippen molar-refractivity contribution in [2.24, 2.45) is 0 Å². The van der Waals surface area contributed by atoms with E-state index in [4.69, 9.17) is 9.47 Å². The third-order valence-electron chi connectivity index (χ3n) is 18.4. The zero-order valence-electron chi connectivity index (χ0n) is 56.6. The molecule has 0 aliphatic rings. The average molecular weight is 1160 g/mol. The van der Waals surface area contributed by atoms with Crippen LogP contribution in [0, 0.1) is 0 Å². The standard InChI is InChI=1S/C77H152O5/c1-3-5-7-9-11-13-15-17-19-21-23-25-27-29-31-33-35-36-37-38-39-40-42-44-46-48-50-52-54-56-58-60-62-64-66-68-70-72-77(80)82-75(73-78)74-81-76(79)71-69-67-65-63-61-59-57-55-53-51-49-47-45-43-41-34-32-30-28-26-24-22-20-18-16-14-12-10-8-6-4-2/h75,78H,3-74H2,1-2H3. The Morgan fingerprint density at radius 3 is 0.537 bits per heavy atom. The van der Waals surface area contributed by atoms with Gasteiger partial charge in [0.15, 0.2) is 6.10 Å². The van der Waals surface area contributed by atoms with Crippen LogP contribution in [0.25, 0.3) is 0 Å². The van der Waals surface area contributed by atoms with Gasteiger partial charge in [0.1, 0.15) is 6.61 Å². The van der Waals surface area contributed by atoms with Crippen LogP contribution < -0.4 is 0 Å². The molecule has 0 bridgehead atoms. The molecule has 0 fully saturated rings. The van der Waals surface area contributed by atoms with E-state index < -0.39 is 6.10 Å². The van der Waals surface area contributed by atoms with Crippen molar-refractivity contribution in [3.05, 3.63) is 0 Å². The first kappa shape index (κ1) is 80.9. The Morgan fingerprint density at radius 1 is 0.232 bits per heavy atom. The maximum Gasteiger partial charge on any atom is 0.306 e. The van der Waals surface area contributed by atoms with Gasteiger partial charge in [-0.1, -0.05) is 438 Å². The summed E-state index contributed by atoms with van der Waals surface area (Å²) in [4.78, 5) is 24.7. The summed E-state index contributed by atoms with van der Waals surface area (Å²) in [5.41, 5.74) is 0. The minimum Gasteiger partial charge on any atom is -0.462 e. The Bertz CT molecular complexity index is 1170. The summed E-state index contributed by atoms with van der Waals surface area (Å²) in [5.74, 6) is -0.556. The molecule has 0 heterocycles. The SMILES string of the molecule is CCCCCCCCCCCCCCCCCCCCCCCCCCCCCCCCCCCCCCCC(=O)OC(CO)COC(=O)CCCCCCCCCCCCCCCCCCCCCCCCCCCCCCCCC. The van der Waals surface area contributed by atoms with Crippen LogP contribution in [0.4, 0.5) is 0 Å². The second-order valence-corrected chi connectivity index (χ2v) is 26.8. The van der Waals surface area contributed by atoms with Crippen molar-refractivity contribution in [2.75, 3.05) is 13.2 Å². The molecule has 0 saturated carbocycles. The van der Waals surface area contributed by atoms with E-state index in [0.29, 0.717) is 12.8 Å². The van der Waals surface area contributed by atoms with Crippen molar-refractivity contribution in [3.8, 4) is 0 Å². The summed E-state index contributed by atoms with van der Waals surface area (Å²) in [6.45, 7) is 4.23. The largest absolute Gasteiger partial charge is 0.462 e. The second kappa shape index (κ2) is 74.2. The van der Waals surface area contributed by atoms with Gasteiger partial charge in [0.05, 0.1) is 6.61 Å². The highest BCUT2D eigenvalue weighted by atomic mass is 16.6. The summed E-state index contributed by atoms with van der Waals surface area (Å²) in [6, 6.07) is 0. The molecule has 5 heteroatoms. The zero-order valence-corrected chi connectivity index (χ0v) is 56.6. The molecule has 0 aromatic carbocycles. The number of aliphatic hydroxyl groups is 1. The summed E-state index contributed by atoms with van der Waals surface area (Å²) in [6.07, 6.45) is 94.8. The predicted molar refractivity (Wildman–Crippen MR) is 362 cm³/mol. The highest BCUT2D eigenvalue weighted by Crippen LogP contribution is 2.21. The monoisotopic (exact) mass is 1160 g/mol. The minimum atomic E-state index is -0.766. The normalized spacial score (nSPS) is 12.0. The van der Waals surface area contributed by atoms with Crippen molar-refractivity contribution < 1.29 is 24.2 Å². The number of unbranched alkanes of at least 4 members (excludes halogenated alkanes) is 66. The van der Waals surface area contributed by atoms with Crippen molar-refractivity contribution in [1.82, 2.24) is 0 Å². The molecule has 0 saturated heterocycles. The quantitative estimate of drug-likeness (QED) is 0.0485. The number of ether oxygens (including phenoxy) is 2. The van der Waals surface area contributed by atoms with E-state index in [1.165, 1.54) is 405 Å². The molecule has 82 heavy (non-hydrogen) atoms. The molecular weight excluding hydrogens is 1000 g/mol. The second-order valence-electron chi connectivity index (χ2n) is 26.8. The molecule has 0 spiro atoms. The minimum absolute atomic E-state index is 0.0551. The van der Waals surface area contributed by atoms with E-state index in [1.807, 2.05) is 0 Å². The lowest BCUT2D eigenvalue weighted by atomic mass is 10.0. The number of hydrogen-bond donors (Lipinski definition) is 1. The fourth-order valence-electron chi connectivity index (χ4n) is 12.6. The van der Waals surface area contributed by atoms with Crippen LogP contribution >= 0.6 is 0 Å². The smallest absolute Gasteiger partial charge is 0.306 e. The van der Waals surface area contributed by atoms with Crippen LogP contribution in [0.15, 0.2) is 0 Å². The van der Waals surface area contributed by atoms with Gasteiger partial charge in [-0.15, -0.1) is 0 Å². The third-order valence-corrected chi connectivity index (χ3v) is 18.4. The van der Waals surface area contributed by atoms with Gasteiger partial charge >= 0.3 is 11.9 Å². The van der Waals surface area contributed by atoms with Crippen molar-refractivity contribution in [2.45, 2.75) is 469 Å². The number of esters is 2. The zero-order chi connectivity index (χ0) is 59.1. The molecule has 1 N–H and O–H groups in total. The summed E-state index contributed by atoms with van der Waals surface area (Å²) in [5, 5.41) is 9.72. The Hall–Kier alpha value is -1.10. The lowest BCUT2D eigenvalue weighted by molar-refractivity contribution is -0.161. The Morgan fingerprint density at radius 2 is 0.378 bits per heavy atom. The fraction of sp³-hybridized carbons (Fsp3) is 0.974. The molecule has 0 aromatic rings. The van der Waals surface area contributed by atoms with Gasteiger partial charge in [0, 0.05) is 12.8 Å². The van der Waals surface area contributed by atoms with Crippen molar-refractivity contribution in [3.63, 3.8) is 0 Å². The topological polar surface area (TPSA) is 72.8 Å². The molecule has 0 radical (unpaired) electrons. The third kappa shape index (κ3) is 71.4. The Labute approximate surface area is 516 Å². The first-order valence-electron chi connectivity index (χ1n) is 38.6. The Kier molecular flexibility index (Phi) is 73.2. The van der Waals surface area contributed by atoms with E-state index in [2.05, 4.69) is 13.8 Å². The number of carbonyl (C=O) groups excluding carboxylic acids is 2. The van der Waals surface area contributed by atoms with Gasteiger partial charge in [0.2, 0.25) is 0 Å². The number of rotatable bonds is 74. The Balaban J connectivity index is 3.33. The molecule has 0 amide bonds. The van der Waals surface area contributed by atoms with E-state index in [-0.39, 0.29) is 25.2 Å². The molecule has 0 rings (SSSR count). The van der Waals surface area contributed by atoms with Gasteiger partial charge in [0.25, 0.3) is 0 Å². The van der Waals surface area contributed by atoms with E-state index in [9.17, 15) is 14.7 Å². The lowest BCUT2D eigenvalue weighted by Gasteiger charge is -2.15. The van der Waals surface area contributed by atoms with Gasteiger partial charge < -0.3 is 14.6 Å². The van der Waals surface area contributed by atoms with Crippen LogP contribution in [0.2, 0.25) is 0 Å². The van der Waals surface area contributed by atoms with Crippen LogP contribution in [0.5, 0.6) is 0 Å². The number of aliphatic hydroxyl groups excluding tert-OH is 1. The van der Waals surface area contributed by atoms with Crippen LogP contribution in [0.1, 0.15) is 463 Å². The summed E-state index contributed by atoms with van der Waals surface area (Å²) < 4.78 is 10.8. The molecule has 490 valence electrons. The highest BCUT2D eigenvalue weighted by Gasteiger charge is 2.16. The van der Waals surface area contributed by atoms with Gasteiger partial charge in [-0.2, -0.15) is 0 Å². The maximum atomic E-state index is 12.4. The van der Waals surface area contributed by atoms with Crippen molar-refractivity contribution >= 4 is 11.9 Å². The highest BCUT2D eigenvalue weighted by molar-refractivity contribution is 5.70. The molecule has 5 nitrogen and oxygen atoms in total. The predicted octanol–water partition coefficient (Wildman–Crippen LogP) is 26.8. The van der Waals surface area contributed by atoms with Crippen molar-refractivity contribution in [1.29, 1.82) is 0 Å².